The first-order valence-corrected chi connectivity index (χ1v) is 9.55. The minimum Gasteiger partial charge on any atom is -0.341 e. The van der Waals surface area contributed by atoms with Crippen molar-refractivity contribution in [2.24, 2.45) is 14.1 Å². The molecule has 0 aliphatic carbocycles. The van der Waals surface area contributed by atoms with E-state index in [1.807, 2.05) is 21.0 Å². The van der Waals surface area contributed by atoms with E-state index in [0.717, 1.165) is 11.1 Å². The van der Waals surface area contributed by atoms with E-state index in [-0.39, 0.29) is 12.4 Å². The minimum atomic E-state index is -0.430. The Balaban J connectivity index is 2.26. The van der Waals surface area contributed by atoms with Crippen molar-refractivity contribution < 1.29 is 4.39 Å². The predicted molar refractivity (Wildman–Crippen MR) is 112 cm³/mol. The fourth-order valence-electron chi connectivity index (χ4n) is 3.36. The maximum absolute atomic E-state index is 13.8. The normalized spacial score (nSPS) is 11.6. The molecule has 0 saturated heterocycles. The number of fused-ring (bicyclic) bond motifs is 1. The Labute approximate surface area is 168 Å². The number of hydrogen-bond donors (Lipinski definition) is 0. The number of aryl methyl sites for hydroxylation is 1. The maximum Gasteiger partial charge on any atom is 0.332 e. The Hall–Kier alpha value is -2.94. The molecule has 0 fully saturated rings. The Bertz CT molecular complexity index is 1140. The van der Waals surface area contributed by atoms with Crippen molar-refractivity contribution in [3.63, 3.8) is 0 Å². The first-order valence-electron chi connectivity index (χ1n) is 9.55. The van der Waals surface area contributed by atoms with Crippen molar-refractivity contribution in [2.75, 3.05) is 38.6 Å². The van der Waals surface area contributed by atoms with E-state index >= 15 is 0 Å². The van der Waals surface area contributed by atoms with Crippen LogP contribution in [0.25, 0.3) is 11.2 Å². The molecule has 1 aromatic carbocycles. The quantitative estimate of drug-likeness (QED) is 0.590. The van der Waals surface area contributed by atoms with Gasteiger partial charge >= 0.3 is 5.69 Å². The molecule has 2 aromatic heterocycles. The summed E-state index contributed by atoms with van der Waals surface area (Å²) in [5, 5.41) is 0. The van der Waals surface area contributed by atoms with E-state index in [9.17, 15) is 14.0 Å². The highest BCUT2D eigenvalue weighted by Gasteiger charge is 2.22. The highest BCUT2D eigenvalue weighted by molar-refractivity contribution is 5.74. The van der Waals surface area contributed by atoms with Crippen LogP contribution in [-0.4, -0.2) is 57.3 Å². The number of benzene rings is 1. The van der Waals surface area contributed by atoms with E-state index in [1.54, 1.807) is 23.7 Å². The number of imidazole rings is 1. The van der Waals surface area contributed by atoms with Crippen molar-refractivity contribution in [2.45, 2.75) is 13.5 Å². The molecule has 8 nitrogen and oxygen atoms in total. The van der Waals surface area contributed by atoms with E-state index in [4.69, 9.17) is 0 Å². The largest absolute Gasteiger partial charge is 0.341 e. The maximum atomic E-state index is 13.8. The van der Waals surface area contributed by atoms with Gasteiger partial charge in [0.2, 0.25) is 5.95 Å². The number of aromatic nitrogens is 4. The highest BCUT2D eigenvalue weighted by Crippen LogP contribution is 2.21. The molecule has 0 bridgehead atoms. The van der Waals surface area contributed by atoms with Crippen LogP contribution in [0, 0.1) is 5.82 Å². The number of likely N-dealkylation sites (N-methyl/N-ethyl adjacent to an activating group) is 2. The Morgan fingerprint density at radius 3 is 2.45 bits per heavy atom. The predicted octanol–water partition coefficient (Wildman–Crippen LogP) is 1.01. The van der Waals surface area contributed by atoms with Crippen LogP contribution in [0.15, 0.2) is 33.9 Å². The SMILES string of the molecule is CCN(CCN(C)C)c1nc2c(c(=O)n(C)c(=O)n2C)n1Cc1cccc(F)c1. The van der Waals surface area contributed by atoms with Gasteiger partial charge < -0.3 is 9.80 Å². The third-order valence-corrected chi connectivity index (χ3v) is 5.04. The van der Waals surface area contributed by atoms with Gasteiger partial charge in [-0.05, 0) is 38.7 Å². The van der Waals surface area contributed by atoms with Crippen molar-refractivity contribution in [1.82, 2.24) is 23.6 Å². The van der Waals surface area contributed by atoms with Gasteiger partial charge in [0.15, 0.2) is 11.2 Å². The van der Waals surface area contributed by atoms with E-state index in [0.29, 0.717) is 35.8 Å². The molecule has 9 heteroatoms. The third-order valence-electron chi connectivity index (χ3n) is 5.04. The number of rotatable bonds is 7. The van der Waals surface area contributed by atoms with Crippen molar-refractivity contribution in [3.05, 3.63) is 56.5 Å². The summed E-state index contributed by atoms with van der Waals surface area (Å²) in [4.78, 5) is 34.1. The van der Waals surface area contributed by atoms with Crippen LogP contribution in [0.5, 0.6) is 0 Å². The summed E-state index contributed by atoms with van der Waals surface area (Å²) in [5.74, 6) is 0.251. The lowest BCUT2D eigenvalue weighted by Crippen LogP contribution is -2.37. The highest BCUT2D eigenvalue weighted by atomic mass is 19.1. The lowest BCUT2D eigenvalue weighted by atomic mass is 10.2. The first-order chi connectivity index (χ1) is 13.7. The van der Waals surface area contributed by atoms with E-state index in [1.165, 1.54) is 23.7 Å². The number of anilines is 1. The van der Waals surface area contributed by atoms with Crippen LogP contribution in [-0.2, 0) is 20.6 Å². The zero-order valence-corrected chi connectivity index (χ0v) is 17.5. The van der Waals surface area contributed by atoms with Gasteiger partial charge in [-0.3, -0.25) is 18.5 Å². The topological polar surface area (TPSA) is 68.3 Å². The lowest BCUT2D eigenvalue weighted by Gasteiger charge is -2.24. The zero-order valence-electron chi connectivity index (χ0n) is 17.5. The molecule has 0 spiro atoms. The zero-order chi connectivity index (χ0) is 21.3. The molecule has 29 heavy (non-hydrogen) atoms. The summed E-state index contributed by atoms with van der Waals surface area (Å²) >= 11 is 0. The summed E-state index contributed by atoms with van der Waals surface area (Å²) in [6, 6.07) is 6.27. The van der Waals surface area contributed by atoms with Gasteiger partial charge in [0, 0.05) is 33.7 Å². The monoisotopic (exact) mass is 402 g/mol. The molecular formula is C20H27FN6O2. The molecule has 0 aliphatic heterocycles. The smallest absolute Gasteiger partial charge is 0.332 e. The van der Waals surface area contributed by atoms with E-state index < -0.39 is 11.2 Å². The molecule has 3 aromatic rings. The van der Waals surface area contributed by atoms with Gasteiger partial charge in [-0.2, -0.15) is 4.98 Å². The molecule has 0 aliphatic rings. The Morgan fingerprint density at radius 2 is 1.83 bits per heavy atom. The molecule has 3 rings (SSSR count). The third kappa shape index (κ3) is 3.95. The number of nitrogens with zero attached hydrogens (tertiary/aromatic N) is 6. The molecule has 156 valence electrons. The Kier molecular flexibility index (Phi) is 5.88. The van der Waals surface area contributed by atoms with Gasteiger partial charge in [0.05, 0.1) is 6.54 Å². The molecule has 0 unspecified atom stereocenters. The van der Waals surface area contributed by atoms with Crippen LogP contribution in [0.3, 0.4) is 0 Å². The second-order valence-electron chi connectivity index (χ2n) is 7.39. The van der Waals surface area contributed by atoms with Gasteiger partial charge in [-0.15, -0.1) is 0 Å². The van der Waals surface area contributed by atoms with Crippen LogP contribution in [0.1, 0.15) is 12.5 Å². The van der Waals surface area contributed by atoms with Gasteiger partial charge in [0.25, 0.3) is 5.56 Å². The second kappa shape index (κ2) is 8.20. The van der Waals surface area contributed by atoms with Crippen LogP contribution in [0.2, 0.25) is 0 Å². The fourth-order valence-corrected chi connectivity index (χ4v) is 3.36. The fraction of sp³-hybridized carbons (Fsp3) is 0.450. The average molecular weight is 402 g/mol. The van der Waals surface area contributed by atoms with Crippen molar-refractivity contribution in [3.8, 4) is 0 Å². The van der Waals surface area contributed by atoms with Crippen LogP contribution < -0.4 is 16.1 Å². The lowest BCUT2D eigenvalue weighted by molar-refractivity contribution is 0.412. The van der Waals surface area contributed by atoms with E-state index in [2.05, 4.69) is 14.8 Å². The minimum absolute atomic E-state index is 0.273. The Morgan fingerprint density at radius 1 is 1.10 bits per heavy atom. The number of hydrogen-bond acceptors (Lipinski definition) is 5. The van der Waals surface area contributed by atoms with Crippen molar-refractivity contribution in [1.29, 1.82) is 0 Å². The van der Waals surface area contributed by atoms with Gasteiger partial charge in [-0.1, -0.05) is 12.1 Å². The summed E-state index contributed by atoms with van der Waals surface area (Å²) in [5.41, 5.74) is 0.526. The number of halogens is 1. The summed E-state index contributed by atoms with van der Waals surface area (Å²) in [6.07, 6.45) is 0. The first kappa shape index (κ1) is 20.8. The summed E-state index contributed by atoms with van der Waals surface area (Å²) in [6.45, 7) is 4.46. The molecule has 0 amide bonds. The molecular weight excluding hydrogens is 375 g/mol. The standard InChI is InChI=1S/C20H27FN6O2/c1-6-26(11-10-23(2)3)19-22-17-16(18(28)25(5)20(29)24(17)4)27(19)13-14-8-7-9-15(21)12-14/h7-9,12H,6,10-11,13H2,1-5H3. The van der Waals surface area contributed by atoms with Gasteiger partial charge in [-0.25, -0.2) is 9.18 Å². The van der Waals surface area contributed by atoms with Gasteiger partial charge in [0.1, 0.15) is 5.82 Å². The molecule has 0 saturated carbocycles. The average Bonchev–Trinajstić information content (AvgIpc) is 3.04. The van der Waals surface area contributed by atoms with Crippen LogP contribution >= 0.6 is 0 Å². The summed E-state index contributed by atoms with van der Waals surface area (Å²) < 4.78 is 18.0. The molecule has 2 heterocycles. The molecule has 0 radical (unpaired) electrons. The molecule has 0 atom stereocenters. The summed E-state index contributed by atoms with van der Waals surface area (Å²) in [7, 11) is 7.03. The molecule has 0 N–H and O–H groups in total. The second-order valence-corrected chi connectivity index (χ2v) is 7.39. The van der Waals surface area contributed by atoms with Crippen molar-refractivity contribution >= 4 is 17.1 Å². The van der Waals surface area contributed by atoms with Crippen LogP contribution in [0.4, 0.5) is 10.3 Å².